The lowest BCUT2D eigenvalue weighted by atomic mass is 10.1. The first-order chi connectivity index (χ1) is 8.63. The van der Waals surface area contributed by atoms with Gasteiger partial charge in [0.15, 0.2) is 0 Å². The number of thiazole rings is 1. The van der Waals surface area contributed by atoms with Crippen molar-refractivity contribution in [2.75, 3.05) is 14.2 Å². The summed E-state index contributed by atoms with van der Waals surface area (Å²) >= 11 is 1.47. The molecule has 1 atom stereocenters. The van der Waals surface area contributed by atoms with E-state index in [4.69, 9.17) is 9.47 Å². The van der Waals surface area contributed by atoms with Crippen LogP contribution in [0.4, 0.5) is 0 Å². The van der Waals surface area contributed by atoms with Crippen molar-refractivity contribution >= 4 is 11.3 Å². The largest absolute Gasteiger partial charge is 0.497 e. The molecular formula is C13H15NO3S. The van der Waals surface area contributed by atoms with Crippen molar-refractivity contribution in [1.82, 2.24) is 4.98 Å². The topological polar surface area (TPSA) is 51.6 Å². The lowest BCUT2D eigenvalue weighted by molar-refractivity contribution is 0.222. The van der Waals surface area contributed by atoms with Crippen LogP contribution in [0.2, 0.25) is 0 Å². The van der Waals surface area contributed by atoms with Crippen molar-refractivity contribution in [2.24, 2.45) is 0 Å². The first kappa shape index (κ1) is 12.9. The molecule has 2 rings (SSSR count). The molecule has 0 aliphatic rings. The van der Waals surface area contributed by atoms with Gasteiger partial charge >= 0.3 is 0 Å². The SMILES string of the molecule is COc1cc(OC)cc(C(O)c2cnc(C)s2)c1. The second-order valence-corrected chi connectivity index (χ2v) is 5.10. The molecule has 5 heteroatoms. The van der Waals surface area contributed by atoms with Gasteiger partial charge in [0.2, 0.25) is 0 Å². The number of aliphatic hydroxyl groups excluding tert-OH is 1. The number of aryl methyl sites for hydroxylation is 1. The average Bonchev–Trinajstić information content (AvgIpc) is 2.83. The third-order valence-electron chi connectivity index (χ3n) is 2.60. The molecule has 0 bridgehead atoms. The quantitative estimate of drug-likeness (QED) is 0.923. The molecule has 96 valence electrons. The van der Waals surface area contributed by atoms with E-state index in [1.54, 1.807) is 38.6 Å². The summed E-state index contributed by atoms with van der Waals surface area (Å²) in [5.41, 5.74) is 0.731. The highest BCUT2D eigenvalue weighted by Gasteiger charge is 2.15. The minimum Gasteiger partial charge on any atom is -0.497 e. The van der Waals surface area contributed by atoms with Crippen molar-refractivity contribution in [3.05, 3.63) is 39.8 Å². The van der Waals surface area contributed by atoms with E-state index in [1.165, 1.54) is 11.3 Å². The predicted octanol–water partition coefficient (Wildman–Crippen LogP) is 2.55. The number of aromatic nitrogens is 1. The molecule has 0 radical (unpaired) electrons. The van der Waals surface area contributed by atoms with Gasteiger partial charge in [0.1, 0.15) is 17.6 Å². The molecule has 0 saturated carbocycles. The number of aliphatic hydroxyl groups is 1. The number of nitrogens with zero attached hydrogens (tertiary/aromatic N) is 1. The fourth-order valence-corrected chi connectivity index (χ4v) is 2.46. The third-order valence-corrected chi connectivity index (χ3v) is 3.56. The van der Waals surface area contributed by atoms with Crippen LogP contribution in [-0.4, -0.2) is 24.3 Å². The maximum atomic E-state index is 10.3. The van der Waals surface area contributed by atoms with Crippen LogP contribution in [0.5, 0.6) is 11.5 Å². The molecule has 0 aliphatic carbocycles. The van der Waals surface area contributed by atoms with Gasteiger partial charge in [0.05, 0.1) is 24.1 Å². The zero-order valence-electron chi connectivity index (χ0n) is 10.5. The lowest BCUT2D eigenvalue weighted by Crippen LogP contribution is -1.99. The molecule has 0 spiro atoms. The van der Waals surface area contributed by atoms with Crippen molar-refractivity contribution in [3.63, 3.8) is 0 Å². The molecule has 1 aromatic heterocycles. The smallest absolute Gasteiger partial charge is 0.122 e. The van der Waals surface area contributed by atoms with Crippen LogP contribution < -0.4 is 9.47 Å². The first-order valence-corrected chi connectivity index (χ1v) is 6.29. The highest BCUT2D eigenvalue weighted by atomic mass is 32.1. The fraction of sp³-hybridized carbons (Fsp3) is 0.308. The van der Waals surface area contributed by atoms with Gasteiger partial charge in [-0.15, -0.1) is 11.3 Å². The molecule has 1 heterocycles. The fourth-order valence-electron chi connectivity index (χ4n) is 1.66. The second kappa shape index (κ2) is 5.37. The lowest BCUT2D eigenvalue weighted by Gasteiger charge is -2.12. The Labute approximate surface area is 110 Å². The maximum Gasteiger partial charge on any atom is 0.122 e. The van der Waals surface area contributed by atoms with E-state index in [0.717, 1.165) is 15.4 Å². The molecule has 0 amide bonds. The maximum absolute atomic E-state index is 10.3. The Hall–Kier alpha value is -1.59. The molecule has 0 saturated heterocycles. The third kappa shape index (κ3) is 2.63. The van der Waals surface area contributed by atoms with Crippen LogP contribution in [0, 0.1) is 6.92 Å². The van der Waals surface area contributed by atoms with Gasteiger partial charge in [0.25, 0.3) is 0 Å². The van der Waals surface area contributed by atoms with Gasteiger partial charge in [-0.1, -0.05) is 0 Å². The predicted molar refractivity (Wildman–Crippen MR) is 70.5 cm³/mol. The van der Waals surface area contributed by atoms with Crippen molar-refractivity contribution in [2.45, 2.75) is 13.0 Å². The van der Waals surface area contributed by atoms with E-state index in [1.807, 2.05) is 6.92 Å². The Balaban J connectivity index is 2.37. The van der Waals surface area contributed by atoms with Gasteiger partial charge in [-0.3, -0.25) is 0 Å². The Morgan fingerprint density at radius 3 is 2.22 bits per heavy atom. The Morgan fingerprint density at radius 1 is 1.17 bits per heavy atom. The molecule has 2 aromatic rings. The van der Waals surface area contributed by atoms with Gasteiger partial charge in [-0.2, -0.15) is 0 Å². The van der Waals surface area contributed by atoms with Gasteiger partial charge in [-0.05, 0) is 24.6 Å². The minimum absolute atomic E-state index is 0.657. The van der Waals surface area contributed by atoms with E-state index < -0.39 is 6.10 Å². The molecule has 1 N–H and O–H groups in total. The second-order valence-electron chi connectivity index (χ2n) is 3.83. The van der Waals surface area contributed by atoms with Gasteiger partial charge < -0.3 is 14.6 Å². The molecule has 1 unspecified atom stereocenters. The summed E-state index contributed by atoms with van der Waals surface area (Å²) in [6.07, 6.45) is 0.983. The normalized spacial score (nSPS) is 12.2. The molecule has 1 aromatic carbocycles. The van der Waals surface area contributed by atoms with E-state index in [2.05, 4.69) is 4.98 Å². The highest BCUT2D eigenvalue weighted by molar-refractivity contribution is 7.11. The van der Waals surface area contributed by atoms with E-state index in [0.29, 0.717) is 11.5 Å². The monoisotopic (exact) mass is 265 g/mol. The molecule has 0 aliphatic heterocycles. The molecule has 18 heavy (non-hydrogen) atoms. The van der Waals surface area contributed by atoms with Crippen LogP contribution in [0.1, 0.15) is 21.6 Å². The average molecular weight is 265 g/mol. The van der Waals surface area contributed by atoms with Crippen molar-refractivity contribution in [1.29, 1.82) is 0 Å². The Bertz CT molecular complexity index is 517. The van der Waals surface area contributed by atoms with Crippen molar-refractivity contribution in [3.8, 4) is 11.5 Å². The van der Waals surface area contributed by atoms with Crippen LogP contribution in [0.25, 0.3) is 0 Å². The summed E-state index contributed by atoms with van der Waals surface area (Å²) in [5, 5.41) is 11.2. The van der Waals surface area contributed by atoms with Crippen LogP contribution in [0.3, 0.4) is 0 Å². The van der Waals surface area contributed by atoms with Crippen LogP contribution in [0.15, 0.2) is 24.4 Å². The number of benzene rings is 1. The molecule has 4 nitrogen and oxygen atoms in total. The summed E-state index contributed by atoms with van der Waals surface area (Å²) in [6.45, 7) is 1.91. The highest BCUT2D eigenvalue weighted by Crippen LogP contribution is 2.31. The number of hydrogen-bond acceptors (Lipinski definition) is 5. The zero-order chi connectivity index (χ0) is 13.1. The summed E-state index contributed by atoms with van der Waals surface area (Å²) in [4.78, 5) is 4.95. The van der Waals surface area contributed by atoms with Crippen LogP contribution in [-0.2, 0) is 0 Å². The van der Waals surface area contributed by atoms with Gasteiger partial charge in [0, 0.05) is 12.3 Å². The Kier molecular flexibility index (Phi) is 3.84. The van der Waals surface area contributed by atoms with Gasteiger partial charge in [-0.25, -0.2) is 4.98 Å². The summed E-state index contributed by atoms with van der Waals surface area (Å²) < 4.78 is 10.4. The summed E-state index contributed by atoms with van der Waals surface area (Å²) in [6, 6.07) is 5.36. The summed E-state index contributed by atoms with van der Waals surface area (Å²) in [5.74, 6) is 1.31. The number of rotatable bonds is 4. The first-order valence-electron chi connectivity index (χ1n) is 5.47. The standard InChI is InChI=1S/C13H15NO3S/c1-8-14-7-12(18-8)13(15)9-4-10(16-2)6-11(5-9)17-3/h4-7,13,15H,1-3H3. The van der Waals surface area contributed by atoms with E-state index in [9.17, 15) is 5.11 Å². The zero-order valence-corrected chi connectivity index (χ0v) is 11.3. The minimum atomic E-state index is -0.708. The number of ether oxygens (including phenoxy) is 2. The van der Waals surface area contributed by atoms with Crippen LogP contribution >= 0.6 is 11.3 Å². The molecule has 0 fully saturated rings. The summed E-state index contributed by atoms with van der Waals surface area (Å²) in [7, 11) is 3.17. The molecular weight excluding hydrogens is 250 g/mol. The Morgan fingerprint density at radius 2 is 1.78 bits per heavy atom. The number of hydrogen-bond donors (Lipinski definition) is 1. The van der Waals surface area contributed by atoms with E-state index >= 15 is 0 Å². The van der Waals surface area contributed by atoms with Crippen molar-refractivity contribution < 1.29 is 14.6 Å². The van der Waals surface area contributed by atoms with E-state index in [-0.39, 0.29) is 0 Å². The number of methoxy groups -OCH3 is 2.